The van der Waals surface area contributed by atoms with Crippen LogP contribution < -0.4 is 5.73 Å². The second-order valence-corrected chi connectivity index (χ2v) is 8.03. The first-order chi connectivity index (χ1) is 14.6. The van der Waals surface area contributed by atoms with Crippen LogP contribution in [0.5, 0.6) is 0 Å². The predicted molar refractivity (Wildman–Crippen MR) is 117 cm³/mol. The summed E-state index contributed by atoms with van der Waals surface area (Å²) in [4.78, 5) is 9.55. The molecule has 1 saturated carbocycles. The highest BCUT2D eigenvalue weighted by Gasteiger charge is 2.33. The number of aliphatic hydroxyl groups excluding tert-OH is 1. The molecule has 6 nitrogen and oxygen atoms in total. The van der Waals surface area contributed by atoms with Gasteiger partial charge in [0.05, 0.1) is 35.2 Å². The number of nitrogens with two attached hydrogens (primary N) is 1. The lowest BCUT2D eigenvalue weighted by atomic mass is 9.76. The molecule has 1 aromatic carbocycles. The molecule has 152 valence electrons. The highest BCUT2D eigenvalue weighted by molar-refractivity contribution is 5.84. The fourth-order valence-corrected chi connectivity index (χ4v) is 4.10. The van der Waals surface area contributed by atoms with Crippen LogP contribution >= 0.6 is 0 Å². The van der Waals surface area contributed by atoms with Crippen LogP contribution in [0.1, 0.15) is 37.2 Å². The van der Waals surface area contributed by atoms with Crippen LogP contribution in [-0.2, 0) is 6.42 Å². The Morgan fingerprint density at radius 1 is 1.10 bits per heavy atom. The van der Waals surface area contributed by atoms with Crippen LogP contribution in [0.3, 0.4) is 0 Å². The first-order valence-electron chi connectivity index (χ1n) is 10.5. The number of aliphatic hydroxyl groups is 1. The molecule has 0 saturated heterocycles. The van der Waals surface area contributed by atoms with E-state index in [1.54, 1.807) is 0 Å². The van der Waals surface area contributed by atoms with Gasteiger partial charge in [0.1, 0.15) is 0 Å². The zero-order chi connectivity index (χ0) is 20.7. The van der Waals surface area contributed by atoms with E-state index in [9.17, 15) is 5.11 Å². The quantitative estimate of drug-likeness (QED) is 0.532. The van der Waals surface area contributed by atoms with E-state index in [4.69, 9.17) is 15.7 Å². The standard InChI is InChI=1S/C24H25N5O/c1-2-18-5-3-8-23(27-18)29-22-13-15(9-10-16(22)14-26-29)20-6-4-7-21(28-20)24(25)17-11-19(30)12-17/h3-10,13-14,17,19,24,30H,2,11-12,25H2,1H3. The fourth-order valence-electron chi connectivity index (χ4n) is 4.10. The number of hydrogen-bond donors (Lipinski definition) is 2. The molecule has 0 radical (unpaired) electrons. The third kappa shape index (κ3) is 3.38. The monoisotopic (exact) mass is 399 g/mol. The average Bonchev–Trinajstić information content (AvgIpc) is 3.20. The predicted octanol–water partition coefficient (Wildman–Crippen LogP) is 3.82. The van der Waals surface area contributed by atoms with Gasteiger partial charge < -0.3 is 10.8 Å². The van der Waals surface area contributed by atoms with Crippen molar-refractivity contribution in [2.24, 2.45) is 11.7 Å². The van der Waals surface area contributed by atoms with Crippen molar-refractivity contribution in [3.05, 3.63) is 72.2 Å². The first kappa shape index (κ1) is 18.9. The van der Waals surface area contributed by atoms with Gasteiger partial charge in [-0.25, -0.2) is 9.67 Å². The van der Waals surface area contributed by atoms with Crippen molar-refractivity contribution in [1.29, 1.82) is 0 Å². The summed E-state index contributed by atoms with van der Waals surface area (Å²) in [5.41, 5.74) is 11.2. The topological polar surface area (TPSA) is 89.9 Å². The second-order valence-electron chi connectivity index (χ2n) is 8.03. The molecule has 4 aromatic rings. The number of aryl methyl sites for hydroxylation is 1. The number of benzene rings is 1. The molecule has 1 aliphatic carbocycles. The van der Waals surface area contributed by atoms with Gasteiger partial charge in [-0.3, -0.25) is 4.98 Å². The smallest absolute Gasteiger partial charge is 0.154 e. The minimum absolute atomic E-state index is 0.149. The number of nitrogens with zero attached hydrogens (tertiary/aromatic N) is 4. The Morgan fingerprint density at radius 3 is 2.73 bits per heavy atom. The van der Waals surface area contributed by atoms with E-state index in [1.165, 1.54) is 0 Å². The van der Waals surface area contributed by atoms with Crippen LogP contribution in [0.2, 0.25) is 0 Å². The van der Waals surface area contributed by atoms with E-state index in [1.807, 2.05) is 47.3 Å². The van der Waals surface area contributed by atoms with E-state index in [2.05, 4.69) is 30.2 Å². The maximum atomic E-state index is 9.59. The number of aromatic nitrogens is 4. The highest BCUT2D eigenvalue weighted by Crippen LogP contribution is 2.36. The molecule has 6 heteroatoms. The summed E-state index contributed by atoms with van der Waals surface area (Å²) in [6.07, 6.45) is 4.03. The molecule has 30 heavy (non-hydrogen) atoms. The van der Waals surface area contributed by atoms with E-state index >= 15 is 0 Å². The molecule has 5 rings (SSSR count). The second kappa shape index (κ2) is 7.63. The Bertz CT molecular complexity index is 1200. The van der Waals surface area contributed by atoms with Gasteiger partial charge in [-0.15, -0.1) is 0 Å². The molecule has 3 aromatic heterocycles. The zero-order valence-corrected chi connectivity index (χ0v) is 16.9. The summed E-state index contributed by atoms with van der Waals surface area (Å²) < 4.78 is 1.88. The van der Waals surface area contributed by atoms with Gasteiger partial charge in [-0.1, -0.05) is 31.2 Å². The average molecular weight is 399 g/mol. The molecule has 0 bridgehead atoms. The van der Waals surface area contributed by atoms with Crippen molar-refractivity contribution >= 4 is 10.9 Å². The molecule has 0 spiro atoms. The van der Waals surface area contributed by atoms with Gasteiger partial charge in [0.25, 0.3) is 0 Å². The summed E-state index contributed by atoms with van der Waals surface area (Å²) in [5, 5.41) is 15.2. The molecule has 1 atom stereocenters. The third-order valence-electron chi connectivity index (χ3n) is 6.01. The van der Waals surface area contributed by atoms with Crippen LogP contribution in [-0.4, -0.2) is 31.0 Å². The summed E-state index contributed by atoms with van der Waals surface area (Å²) in [6, 6.07) is 18.1. The first-order valence-corrected chi connectivity index (χ1v) is 10.5. The number of pyridine rings is 2. The number of fused-ring (bicyclic) bond motifs is 1. The van der Waals surface area contributed by atoms with Crippen molar-refractivity contribution in [2.45, 2.75) is 38.3 Å². The molecule has 0 aliphatic heterocycles. The lowest BCUT2D eigenvalue weighted by Crippen LogP contribution is -2.36. The Labute approximate surface area is 175 Å². The van der Waals surface area contributed by atoms with Crippen LogP contribution in [0, 0.1) is 5.92 Å². The zero-order valence-electron chi connectivity index (χ0n) is 16.9. The van der Waals surface area contributed by atoms with Crippen molar-refractivity contribution in [2.75, 3.05) is 0 Å². The molecule has 1 aliphatic rings. The van der Waals surface area contributed by atoms with Gasteiger partial charge in [0, 0.05) is 16.6 Å². The van der Waals surface area contributed by atoms with Crippen LogP contribution in [0.25, 0.3) is 28.0 Å². The van der Waals surface area contributed by atoms with Crippen molar-refractivity contribution in [3.8, 4) is 17.1 Å². The van der Waals surface area contributed by atoms with Gasteiger partial charge in [0.2, 0.25) is 0 Å². The van der Waals surface area contributed by atoms with E-state index in [-0.39, 0.29) is 12.1 Å². The van der Waals surface area contributed by atoms with Crippen LogP contribution in [0.4, 0.5) is 0 Å². The molecule has 3 heterocycles. The van der Waals surface area contributed by atoms with Crippen molar-refractivity contribution in [1.82, 2.24) is 19.7 Å². The Morgan fingerprint density at radius 2 is 1.93 bits per heavy atom. The third-order valence-corrected chi connectivity index (χ3v) is 6.01. The molecule has 1 unspecified atom stereocenters. The Kier molecular flexibility index (Phi) is 4.81. The largest absolute Gasteiger partial charge is 0.393 e. The van der Waals surface area contributed by atoms with E-state index in [0.717, 1.165) is 58.6 Å². The summed E-state index contributed by atoms with van der Waals surface area (Å²) in [6.45, 7) is 2.10. The minimum Gasteiger partial charge on any atom is -0.393 e. The Balaban J connectivity index is 1.52. The molecular weight excluding hydrogens is 374 g/mol. The van der Waals surface area contributed by atoms with Gasteiger partial charge >= 0.3 is 0 Å². The van der Waals surface area contributed by atoms with Gasteiger partial charge in [-0.2, -0.15) is 5.10 Å². The lowest BCUT2D eigenvalue weighted by Gasteiger charge is -2.35. The van der Waals surface area contributed by atoms with Crippen molar-refractivity contribution in [3.63, 3.8) is 0 Å². The highest BCUT2D eigenvalue weighted by atomic mass is 16.3. The van der Waals surface area contributed by atoms with Gasteiger partial charge in [0.15, 0.2) is 5.82 Å². The molecule has 3 N–H and O–H groups in total. The molecule has 0 amide bonds. The maximum Gasteiger partial charge on any atom is 0.154 e. The molecule has 1 fully saturated rings. The summed E-state index contributed by atoms with van der Waals surface area (Å²) >= 11 is 0. The SMILES string of the molecule is CCc1cccc(-n2ncc3ccc(-c4cccc(C(N)C5CC(O)C5)n4)cc32)n1. The number of hydrogen-bond acceptors (Lipinski definition) is 5. The van der Waals surface area contributed by atoms with Crippen LogP contribution in [0.15, 0.2) is 60.8 Å². The van der Waals surface area contributed by atoms with E-state index in [0.29, 0.717) is 5.92 Å². The van der Waals surface area contributed by atoms with E-state index < -0.39 is 0 Å². The summed E-state index contributed by atoms with van der Waals surface area (Å²) in [5.74, 6) is 1.11. The van der Waals surface area contributed by atoms with Gasteiger partial charge in [-0.05, 0) is 55.5 Å². The lowest BCUT2D eigenvalue weighted by molar-refractivity contribution is 0.0302. The van der Waals surface area contributed by atoms with Crippen molar-refractivity contribution < 1.29 is 5.11 Å². The summed E-state index contributed by atoms with van der Waals surface area (Å²) in [7, 11) is 0. The Hall–Kier alpha value is -3.09. The maximum absolute atomic E-state index is 9.59. The fraction of sp³-hybridized carbons (Fsp3) is 0.292. The normalized spacial score (nSPS) is 19.6. The number of rotatable bonds is 5. The minimum atomic E-state index is -0.216. The molecular formula is C24H25N5O.